The van der Waals surface area contributed by atoms with E-state index in [1.54, 1.807) is 6.08 Å². The van der Waals surface area contributed by atoms with E-state index in [0.717, 1.165) is 27.8 Å². The van der Waals surface area contributed by atoms with Crippen LogP contribution in [0, 0.1) is 11.3 Å². The molecule has 0 spiro atoms. The second-order valence-corrected chi connectivity index (χ2v) is 13.3. The number of methoxy groups -OCH3 is 1. The molecule has 0 unspecified atom stereocenters. The third-order valence-electron chi connectivity index (χ3n) is 9.24. The molecule has 0 aromatic heterocycles. The van der Waals surface area contributed by atoms with Crippen molar-refractivity contribution in [3.8, 4) is 6.07 Å². The normalized spacial score (nSPS) is 20.6. The largest absolute Gasteiger partial charge is 0.505 e. The Bertz CT molecular complexity index is 1880. The number of hydrogen-bond donors (Lipinski definition) is 0. The zero-order chi connectivity index (χ0) is 38.6. The zero-order valence-corrected chi connectivity index (χ0v) is 31.6. The zero-order valence-electron chi connectivity index (χ0n) is 31.6. The van der Waals surface area contributed by atoms with Gasteiger partial charge in [0.2, 0.25) is 0 Å². The molecule has 0 aliphatic carbocycles. The smallest absolute Gasteiger partial charge is 0.188 e. The van der Waals surface area contributed by atoms with Crippen LogP contribution in [0.1, 0.15) is 27.8 Å². The van der Waals surface area contributed by atoms with Gasteiger partial charge in [-0.2, -0.15) is 5.26 Å². The first kappa shape index (κ1) is 40.5. The molecule has 6 rings (SSSR count). The van der Waals surface area contributed by atoms with Crippen LogP contribution in [0.5, 0.6) is 0 Å². The SMILES string of the molecule is CO/C=C/[C@@H](OCc1ccccc1)[C@@H](C#N)O[C@H]1O[C@H](COCc2ccccc2)[C@@H](OCc2ccccc2)[C@H](OCc2ccccc2)[C@H]1OCc1ccccc1. The number of nitriles is 1. The summed E-state index contributed by atoms with van der Waals surface area (Å²) in [5.74, 6) is 0. The maximum Gasteiger partial charge on any atom is 0.188 e. The van der Waals surface area contributed by atoms with Crippen LogP contribution in [0.2, 0.25) is 0 Å². The van der Waals surface area contributed by atoms with E-state index >= 15 is 0 Å². The number of ether oxygens (including phenoxy) is 8. The summed E-state index contributed by atoms with van der Waals surface area (Å²) in [4.78, 5) is 0. The van der Waals surface area contributed by atoms with E-state index in [4.69, 9.17) is 37.9 Å². The molecule has 1 fully saturated rings. The molecule has 0 saturated carbocycles. The van der Waals surface area contributed by atoms with E-state index in [-0.39, 0.29) is 26.4 Å². The van der Waals surface area contributed by atoms with Crippen LogP contribution in [-0.2, 0) is 70.9 Å². The van der Waals surface area contributed by atoms with Gasteiger partial charge in [0.25, 0.3) is 0 Å². The number of nitrogens with zero attached hydrogens (tertiary/aromatic N) is 1. The lowest BCUT2D eigenvalue weighted by Crippen LogP contribution is -2.62. The molecule has 5 aromatic carbocycles. The highest BCUT2D eigenvalue weighted by molar-refractivity contribution is 5.17. The second-order valence-electron chi connectivity index (χ2n) is 13.3. The lowest BCUT2D eigenvalue weighted by Gasteiger charge is -2.46. The number of hydrogen-bond acceptors (Lipinski definition) is 9. The fourth-order valence-corrected chi connectivity index (χ4v) is 6.35. The third-order valence-corrected chi connectivity index (χ3v) is 9.24. The van der Waals surface area contributed by atoms with Gasteiger partial charge >= 0.3 is 0 Å². The molecular formula is C47H49NO8. The van der Waals surface area contributed by atoms with Gasteiger partial charge in [-0.25, -0.2) is 0 Å². The molecule has 7 atom stereocenters. The van der Waals surface area contributed by atoms with Gasteiger partial charge in [0.1, 0.15) is 30.5 Å². The van der Waals surface area contributed by atoms with Crippen LogP contribution in [0.25, 0.3) is 0 Å². The minimum absolute atomic E-state index is 0.152. The minimum atomic E-state index is -1.12. The molecular weight excluding hydrogens is 707 g/mol. The highest BCUT2D eigenvalue weighted by Gasteiger charge is 2.50. The van der Waals surface area contributed by atoms with E-state index in [9.17, 15) is 5.26 Å². The molecule has 9 heteroatoms. The lowest BCUT2D eigenvalue weighted by molar-refractivity contribution is -0.336. The standard InChI is InChI=1S/C47H49NO8/c1-49-28-27-41(51-31-37-19-9-3-10-20-37)42(29-48)55-47-46(54-34-40-25-15-6-16-26-40)45(53-33-39-23-13-5-14-24-39)44(52-32-38-21-11-4-12-22-38)43(56-47)35-50-30-36-17-7-2-8-18-36/h2-28,41-47H,30-35H2,1H3/b28-27+/t41-,42-,43-,44-,45+,46-,47+/m1/s1. The van der Waals surface area contributed by atoms with Gasteiger partial charge < -0.3 is 37.9 Å². The highest BCUT2D eigenvalue weighted by Crippen LogP contribution is 2.33. The molecule has 9 nitrogen and oxygen atoms in total. The van der Waals surface area contributed by atoms with Gasteiger partial charge in [-0.05, 0) is 33.9 Å². The van der Waals surface area contributed by atoms with E-state index < -0.39 is 42.9 Å². The molecule has 0 radical (unpaired) electrons. The Morgan fingerprint density at radius 3 is 1.46 bits per heavy atom. The Hall–Kier alpha value is -5.15. The number of rotatable bonds is 21. The molecule has 5 aromatic rings. The van der Waals surface area contributed by atoms with Gasteiger partial charge in [0.05, 0.1) is 59.1 Å². The minimum Gasteiger partial charge on any atom is -0.505 e. The van der Waals surface area contributed by atoms with Crippen LogP contribution < -0.4 is 0 Å². The summed E-state index contributed by atoms with van der Waals surface area (Å²) in [6, 6.07) is 51.7. The summed E-state index contributed by atoms with van der Waals surface area (Å²) in [5, 5.41) is 10.6. The molecule has 56 heavy (non-hydrogen) atoms. The summed E-state index contributed by atoms with van der Waals surface area (Å²) in [7, 11) is 1.54. The monoisotopic (exact) mass is 755 g/mol. The molecule has 0 N–H and O–H groups in total. The van der Waals surface area contributed by atoms with Gasteiger partial charge in [-0.15, -0.1) is 0 Å². The summed E-state index contributed by atoms with van der Waals surface area (Å²) in [6.45, 7) is 1.56. The van der Waals surface area contributed by atoms with Crippen molar-refractivity contribution in [2.75, 3.05) is 13.7 Å². The average Bonchev–Trinajstić information content (AvgIpc) is 3.26. The van der Waals surface area contributed by atoms with Gasteiger partial charge in [-0.3, -0.25) is 0 Å². The van der Waals surface area contributed by atoms with Crippen LogP contribution >= 0.6 is 0 Å². The van der Waals surface area contributed by atoms with Crippen molar-refractivity contribution in [1.82, 2.24) is 0 Å². The average molecular weight is 756 g/mol. The van der Waals surface area contributed by atoms with Gasteiger partial charge in [0, 0.05) is 0 Å². The summed E-state index contributed by atoms with van der Waals surface area (Å²) in [6.07, 6.45) is -2.79. The van der Waals surface area contributed by atoms with E-state index in [0.29, 0.717) is 13.2 Å². The fourth-order valence-electron chi connectivity index (χ4n) is 6.35. The summed E-state index contributed by atoms with van der Waals surface area (Å²) < 4.78 is 51.6. The second kappa shape index (κ2) is 22.4. The van der Waals surface area contributed by atoms with Crippen LogP contribution in [-0.4, -0.2) is 56.6 Å². The van der Waals surface area contributed by atoms with Crippen molar-refractivity contribution < 1.29 is 37.9 Å². The van der Waals surface area contributed by atoms with Crippen molar-refractivity contribution in [1.29, 1.82) is 5.26 Å². The van der Waals surface area contributed by atoms with Crippen LogP contribution in [0.4, 0.5) is 0 Å². The van der Waals surface area contributed by atoms with Crippen molar-refractivity contribution in [3.63, 3.8) is 0 Å². The molecule has 1 aliphatic rings. The Kier molecular flexibility index (Phi) is 16.2. The van der Waals surface area contributed by atoms with Gasteiger partial charge in [-0.1, -0.05) is 152 Å². The summed E-state index contributed by atoms with van der Waals surface area (Å²) >= 11 is 0. The molecule has 1 heterocycles. The third kappa shape index (κ3) is 12.4. The quantitative estimate of drug-likeness (QED) is 0.0685. The first-order valence-corrected chi connectivity index (χ1v) is 18.8. The molecule has 0 bridgehead atoms. The maximum atomic E-state index is 10.6. The van der Waals surface area contributed by atoms with E-state index in [1.807, 2.05) is 152 Å². The van der Waals surface area contributed by atoms with Crippen molar-refractivity contribution in [2.45, 2.75) is 75.9 Å². The molecule has 1 saturated heterocycles. The predicted molar refractivity (Wildman–Crippen MR) is 211 cm³/mol. The van der Waals surface area contributed by atoms with Gasteiger partial charge in [0.15, 0.2) is 12.4 Å². The maximum absolute atomic E-state index is 10.6. The Balaban J connectivity index is 1.33. The van der Waals surface area contributed by atoms with E-state index in [2.05, 4.69) is 6.07 Å². The first-order valence-electron chi connectivity index (χ1n) is 18.8. The molecule has 1 aliphatic heterocycles. The predicted octanol–water partition coefficient (Wildman–Crippen LogP) is 8.34. The topological polar surface area (TPSA) is 97.6 Å². The Labute approximate surface area is 329 Å². The fraction of sp³-hybridized carbons (Fsp3) is 0.298. The lowest BCUT2D eigenvalue weighted by atomic mass is 9.97. The van der Waals surface area contributed by atoms with Crippen molar-refractivity contribution >= 4 is 0 Å². The van der Waals surface area contributed by atoms with Crippen molar-refractivity contribution in [3.05, 3.63) is 192 Å². The number of benzene rings is 5. The molecule has 0 amide bonds. The Morgan fingerprint density at radius 2 is 1.00 bits per heavy atom. The van der Waals surface area contributed by atoms with Crippen molar-refractivity contribution in [2.24, 2.45) is 0 Å². The highest BCUT2D eigenvalue weighted by atomic mass is 16.7. The molecule has 290 valence electrons. The first-order chi connectivity index (χ1) is 27.7. The van der Waals surface area contributed by atoms with E-state index in [1.165, 1.54) is 13.4 Å². The van der Waals surface area contributed by atoms with Crippen LogP contribution in [0.3, 0.4) is 0 Å². The summed E-state index contributed by atoms with van der Waals surface area (Å²) in [5.41, 5.74) is 4.89. The Morgan fingerprint density at radius 1 is 0.571 bits per heavy atom. The van der Waals surface area contributed by atoms with Crippen LogP contribution in [0.15, 0.2) is 164 Å².